The van der Waals surface area contributed by atoms with Crippen LogP contribution in [0.1, 0.15) is 46.4 Å². The van der Waals surface area contributed by atoms with Crippen molar-refractivity contribution in [3.63, 3.8) is 0 Å². The number of ether oxygens (including phenoxy) is 2. The minimum atomic E-state index is -1.15. The van der Waals surface area contributed by atoms with Gasteiger partial charge in [-0.3, -0.25) is 14.0 Å². The van der Waals surface area contributed by atoms with E-state index in [1.807, 2.05) is 43.4 Å². The number of nitrogens with one attached hydrogen (secondary N) is 3. The Hall–Kier alpha value is -3.51. The maximum Gasteiger partial charge on any atom is 0.249 e. The first kappa shape index (κ1) is 30.0. The first-order valence-corrected chi connectivity index (χ1v) is 13.4. The third-order valence-electron chi connectivity index (χ3n) is 6.36. The summed E-state index contributed by atoms with van der Waals surface area (Å²) in [6, 6.07) is 5.01. The molecule has 0 aliphatic heterocycles. The molecule has 12 heteroatoms. The van der Waals surface area contributed by atoms with Crippen LogP contribution in [0.3, 0.4) is 0 Å². The molecule has 0 spiro atoms. The van der Waals surface area contributed by atoms with Gasteiger partial charge < -0.3 is 30.5 Å². The number of nitrogens with zero attached hydrogens (tertiary/aromatic N) is 4. The average Bonchev–Trinajstić information content (AvgIpc) is 3.30. The number of aliphatic hydroxyl groups excluding tert-OH is 1. The lowest BCUT2D eigenvalue weighted by Gasteiger charge is -2.24. The van der Waals surface area contributed by atoms with E-state index in [2.05, 4.69) is 26.1 Å². The largest absolute Gasteiger partial charge is 0.491 e. The number of benzene rings is 1. The van der Waals surface area contributed by atoms with Crippen LogP contribution in [0.25, 0.3) is 16.7 Å². The van der Waals surface area contributed by atoms with Crippen LogP contribution in [0, 0.1) is 18.8 Å². The second kappa shape index (κ2) is 14.0. The van der Waals surface area contributed by atoms with Crippen molar-refractivity contribution in [1.82, 2.24) is 30.2 Å². The van der Waals surface area contributed by atoms with Crippen LogP contribution < -0.4 is 20.7 Å². The van der Waals surface area contributed by atoms with Crippen molar-refractivity contribution >= 4 is 34.3 Å². The number of methoxy groups -OCH3 is 1. The van der Waals surface area contributed by atoms with Crippen LogP contribution in [0.4, 0.5) is 5.82 Å². The Kier molecular flexibility index (Phi) is 10.8. The lowest BCUT2D eigenvalue weighted by atomic mass is 10.0. The van der Waals surface area contributed by atoms with Crippen molar-refractivity contribution < 1.29 is 24.2 Å². The lowest BCUT2D eigenvalue weighted by molar-refractivity contribution is -0.136. The van der Waals surface area contributed by atoms with E-state index in [0.717, 1.165) is 29.7 Å². The number of anilines is 1. The summed E-state index contributed by atoms with van der Waals surface area (Å²) in [5.41, 5.74) is 2.27. The highest BCUT2D eigenvalue weighted by molar-refractivity contribution is 5.89. The number of rotatable bonds is 15. The molecule has 39 heavy (non-hydrogen) atoms. The highest BCUT2D eigenvalue weighted by Gasteiger charge is 2.28. The molecule has 0 saturated heterocycles. The van der Waals surface area contributed by atoms with Crippen LogP contribution in [0.5, 0.6) is 5.75 Å². The smallest absolute Gasteiger partial charge is 0.249 e. The van der Waals surface area contributed by atoms with Crippen LogP contribution in [0.2, 0.25) is 0 Å². The van der Waals surface area contributed by atoms with Gasteiger partial charge in [0.2, 0.25) is 17.5 Å². The molecule has 0 aliphatic carbocycles. The van der Waals surface area contributed by atoms with Crippen molar-refractivity contribution in [2.75, 3.05) is 38.7 Å². The van der Waals surface area contributed by atoms with Gasteiger partial charge in [-0.1, -0.05) is 27.7 Å². The maximum atomic E-state index is 12.7. The standard InChI is InChI=1S/C27H41N7O5/c1-16(2)22(31-27(37)23(35)17(3)4)26(36)29-12-8-7-11-28-24-25-33-32-18(5)34(25)21-10-9-19(15-20(21)30-24)39-14-13-38-6/h9-10,15-17,22-23,35H,7-8,11-14H2,1-6H3,(H,28,30)(H,29,36)(H,31,37)/t22?,23-/m1/s1. The van der Waals surface area contributed by atoms with Gasteiger partial charge in [-0.2, -0.15) is 0 Å². The molecule has 0 bridgehead atoms. The first-order valence-electron chi connectivity index (χ1n) is 13.4. The predicted molar refractivity (Wildman–Crippen MR) is 149 cm³/mol. The van der Waals surface area contributed by atoms with E-state index in [-0.39, 0.29) is 17.7 Å². The van der Waals surface area contributed by atoms with Gasteiger partial charge >= 0.3 is 0 Å². The molecule has 0 radical (unpaired) electrons. The predicted octanol–water partition coefficient (Wildman–Crippen LogP) is 2.08. The molecule has 0 aliphatic rings. The molecule has 1 unspecified atom stereocenters. The number of aromatic nitrogens is 4. The van der Waals surface area contributed by atoms with Gasteiger partial charge in [0.05, 0.1) is 17.6 Å². The van der Waals surface area contributed by atoms with E-state index in [0.29, 0.717) is 43.5 Å². The normalized spacial score (nSPS) is 13.2. The van der Waals surface area contributed by atoms with Crippen LogP contribution in [-0.2, 0) is 14.3 Å². The third kappa shape index (κ3) is 7.76. The fraction of sp³-hybridized carbons (Fsp3) is 0.593. The number of aryl methyl sites for hydroxylation is 1. The van der Waals surface area contributed by atoms with E-state index in [9.17, 15) is 14.7 Å². The zero-order valence-corrected chi connectivity index (χ0v) is 23.7. The van der Waals surface area contributed by atoms with E-state index < -0.39 is 18.1 Å². The molecule has 2 aromatic heterocycles. The molecule has 12 nitrogen and oxygen atoms in total. The topological polar surface area (TPSA) is 152 Å². The summed E-state index contributed by atoms with van der Waals surface area (Å²) < 4.78 is 12.8. The summed E-state index contributed by atoms with van der Waals surface area (Å²) in [7, 11) is 1.63. The van der Waals surface area contributed by atoms with Crippen LogP contribution in [-0.4, -0.2) is 82.1 Å². The molecule has 3 rings (SSSR count). The van der Waals surface area contributed by atoms with Crippen molar-refractivity contribution in [2.45, 2.75) is 59.6 Å². The molecule has 2 heterocycles. The number of unbranched alkanes of at least 4 members (excludes halogenated alkanes) is 1. The summed E-state index contributed by atoms with van der Waals surface area (Å²) >= 11 is 0. The van der Waals surface area contributed by atoms with Gasteiger partial charge in [0, 0.05) is 26.3 Å². The number of carbonyl (C=O) groups excluding carboxylic acids is 2. The third-order valence-corrected chi connectivity index (χ3v) is 6.36. The summed E-state index contributed by atoms with van der Waals surface area (Å²) in [6.45, 7) is 11.1. The van der Waals surface area contributed by atoms with Crippen molar-refractivity contribution in [2.24, 2.45) is 11.8 Å². The van der Waals surface area contributed by atoms with E-state index in [1.54, 1.807) is 21.0 Å². The second-order valence-corrected chi connectivity index (χ2v) is 10.2. The summed E-state index contributed by atoms with van der Waals surface area (Å²) in [6.07, 6.45) is 0.341. The van der Waals surface area contributed by atoms with Crippen molar-refractivity contribution in [3.8, 4) is 5.75 Å². The quantitative estimate of drug-likeness (QED) is 0.211. The Bertz CT molecular complexity index is 1260. The molecule has 2 atom stereocenters. The van der Waals surface area contributed by atoms with E-state index in [4.69, 9.17) is 14.5 Å². The summed E-state index contributed by atoms with van der Waals surface area (Å²) in [5, 5.41) is 27.4. The van der Waals surface area contributed by atoms with Gasteiger partial charge in [0.25, 0.3) is 0 Å². The SMILES string of the molecule is COCCOc1ccc2c(c1)nc(NCCCCNC(=O)C(NC(=O)[C@H](O)C(C)C)C(C)C)c1nnc(C)n12. The number of hydrogen-bond acceptors (Lipinski definition) is 9. The minimum Gasteiger partial charge on any atom is -0.491 e. The van der Waals surface area contributed by atoms with Gasteiger partial charge in [-0.05, 0) is 43.7 Å². The Morgan fingerprint density at radius 1 is 1.03 bits per heavy atom. The summed E-state index contributed by atoms with van der Waals surface area (Å²) in [5.74, 6) is 0.931. The number of aliphatic hydroxyl groups is 1. The molecule has 3 aromatic rings. The highest BCUT2D eigenvalue weighted by Crippen LogP contribution is 2.25. The molecule has 2 amide bonds. The highest BCUT2D eigenvalue weighted by atomic mass is 16.5. The van der Waals surface area contributed by atoms with Crippen molar-refractivity contribution in [3.05, 3.63) is 24.0 Å². The lowest BCUT2D eigenvalue weighted by Crippen LogP contribution is -2.53. The summed E-state index contributed by atoms with van der Waals surface area (Å²) in [4.78, 5) is 29.7. The Labute approximate surface area is 228 Å². The fourth-order valence-corrected chi connectivity index (χ4v) is 4.06. The Morgan fingerprint density at radius 3 is 2.46 bits per heavy atom. The van der Waals surface area contributed by atoms with Gasteiger partial charge in [-0.25, -0.2) is 4.98 Å². The number of hydrogen-bond donors (Lipinski definition) is 4. The van der Waals surface area contributed by atoms with Crippen LogP contribution >= 0.6 is 0 Å². The molecule has 1 aromatic carbocycles. The molecule has 214 valence electrons. The average molecular weight is 544 g/mol. The second-order valence-electron chi connectivity index (χ2n) is 10.2. The number of carbonyl (C=O) groups is 2. The number of fused-ring (bicyclic) bond motifs is 3. The monoisotopic (exact) mass is 543 g/mol. The van der Waals surface area contributed by atoms with Gasteiger partial charge in [0.15, 0.2) is 5.82 Å². The zero-order valence-electron chi connectivity index (χ0n) is 23.7. The van der Waals surface area contributed by atoms with Crippen LogP contribution in [0.15, 0.2) is 18.2 Å². The van der Waals surface area contributed by atoms with E-state index >= 15 is 0 Å². The van der Waals surface area contributed by atoms with E-state index in [1.165, 1.54) is 0 Å². The molecule has 4 N–H and O–H groups in total. The minimum absolute atomic E-state index is 0.117. The zero-order chi connectivity index (χ0) is 28.5. The first-order chi connectivity index (χ1) is 18.6. The molecule has 0 saturated carbocycles. The number of amides is 2. The maximum absolute atomic E-state index is 12.7. The van der Waals surface area contributed by atoms with Gasteiger partial charge in [0.1, 0.15) is 30.3 Å². The fourth-order valence-electron chi connectivity index (χ4n) is 4.06. The molecule has 0 fully saturated rings. The van der Waals surface area contributed by atoms with Crippen molar-refractivity contribution in [1.29, 1.82) is 0 Å². The Balaban J connectivity index is 1.56. The molecular weight excluding hydrogens is 502 g/mol. The van der Waals surface area contributed by atoms with Gasteiger partial charge in [-0.15, -0.1) is 10.2 Å². The Morgan fingerprint density at radius 2 is 1.77 bits per heavy atom. The molecular formula is C27H41N7O5.